The number of halogens is 1. The molecule has 2 aromatic carbocycles. The van der Waals surface area contributed by atoms with E-state index in [9.17, 15) is 0 Å². The number of benzene rings is 2. The van der Waals surface area contributed by atoms with Crippen LogP contribution in [0.4, 0.5) is 11.4 Å². The number of aliphatic imine (C=N–C) groups is 2. The molecule has 1 aliphatic carbocycles. The molecule has 0 bridgehead atoms. The van der Waals surface area contributed by atoms with Crippen molar-refractivity contribution in [2.45, 2.75) is 57.5 Å². The first-order chi connectivity index (χ1) is 15.3. The zero-order valence-electron chi connectivity index (χ0n) is 18.9. The second-order valence-corrected chi connectivity index (χ2v) is 8.99. The predicted octanol–water partition coefficient (Wildman–Crippen LogP) is 5.50. The van der Waals surface area contributed by atoms with Gasteiger partial charge >= 0.3 is 0 Å². The molecule has 0 saturated carbocycles. The highest BCUT2D eigenvalue weighted by Crippen LogP contribution is 2.40. The molecule has 1 fully saturated rings. The Labute approximate surface area is 197 Å². The van der Waals surface area contributed by atoms with Gasteiger partial charge in [-0.15, -0.1) is 12.4 Å². The fraction of sp³-hybridized carbons (Fsp3) is 0.462. The maximum atomic E-state index is 5.21. The number of nitrogens with zero attached hydrogens (tertiary/aromatic N) is 3. The number of nitrogens with one attached hydrogen (secondary N) is 2. The Morgan fingerprint density at radius 3 is 2.91 bits per heavy atom. The summed E-state index contributed by atoms with van der Waals surface area (Å²) in [5, 5.41) is 7.28. The van der Waals surface area contributed by atoms with E-state index in [1.807, 2.05) is 18.2 Å². The Bertz CT molecular complexity index is 971. The minimum absolute atomic E-state index is 0. The van der Waals surface area contributed by atoms with Gasteiger partial charge in [0.15, 0.2) is 5.96 Å². The summed E-state index contributed by atoms with van der Waals surface area (Å²) in [6.07, 6.45) is 6.92. The molecule has 2 unspecified atom stereocenters. The summed E-state index contributed by atoms with van der Waals surface area (Å²) in [6, 6.07) is 17.8. The van der Waals surface area contributed by atoms with Crippen LogP contribution in [0.2, 0.25) is 0 Å². The SMILES string of the molecule is CC(CCCC1CNCCN1C1=NC2CCCc3cccc(c32)N1)=Nc1ccccc1.Cl. The summed E-state index contributed by atoms with van der Waals surface area (Å²) in [6.45, 7) is 5.19. The fourth-order valence-electron chi connectivity index (χ4n) is 5.21. The normalized spacial score (nSPS) is 22.3. The van der Waals surface area contributed by atoms with Crippen LogP contribution in [-0.2, 0) is 6.42 Å². The van der Waals surface area contributed by atoms with Crippen LogP contribution < -0.4 is 10.6 Å². The van der Waals surface area contributed by atoms with Crippen molar-refractivity contribution in [3.8, 4) is 0 Å². The van der Waals surface area contributed by atoms with E-state index < -0.39 is 0 Å². The first-order valence-electron chi connectivity index (χ1n) is 11.8. The van der Waals surface area contributed by atoms with Gasteiger partial charge in [0.05, 0.1) is 11.7 Å². The van der Waals surface area contributed by atoms with Crippen LogP contribution >= 0.6 is 12.4 Å². The molecule has 3 aliphatic rings. The number of aryl methyl sites for hydroxylation is 1. The lowest BCUT2D eigenvalue weighted by Crippen LogP contribution is -2.56. The van der Waals surface area contributed by atoms with E-state index in [1.54, 1.807) is 0 Å². The van der Waals surface area contributed by atoms with Crippen LogP contribution in [0.5, 0.6) is 0 Å². The molecule has 5 rings (SSSR count). The Morgan fingerprint density at radius 2 is 2.03 bits per heavy atom. The molecule has 170 valence electrons. The average molecular weight is 452 g/mol. The van der Waals surface area contributed by atoms with E-state index >= 15 is 0 Å². The molecule has 2 heterocycles. The van der Waals surface area contributed by atoms with Gasteiger partial charge in [-0.3, -0.25) is 4.99 Å². The molecule has 2 atom stereocenters. The smallest absolute Gasteiger partial charge is 0.199 e. The topological polar surface area (TPSA) is 52.0 Å². The van der Waals surface area contributed by atoms with Gasteiger partial charge in [0, 0.05) is 42.6 Å². The Kier molecular flexibility index (Phi) is 7.48. The largest absolute Gasteiger partial charge is 0.337 e. The molecule has 6 heteroatoms. The van der Waals surface area contributed by atoms with E-state index in [-0.39, 0.29) is 12.4 Å². The number of hydrogen-bond acceptors (Lipinski definition) is 5. The first kappa shape index (κ1) is 22.8. The lowest BCUT2D eigenvalue weighted by Gasteiger charge is -2.41. The summed E-state index contributed by atoms with van der Waals surface area (Å²) < 4.78 is 0. The predicted molar refractivity (Wildman–Crippen MR) is 137 cm³/mol. The Morgan fingerprint density at radius 1 is 1.16 bits per heavy atom. The number of para-hydroxylation sites is 1. The van der Waals surface area contributed by atoms with E-state index in [2.05, 4.69) is 52.8 Å². The number of hydrogen-bond donors (Lipinski definition) is 2. The van der Waals surface area contributed by atoms with Crippen molar-refractivity contribution in [2.24, 2.45) is 9.98 Å². The number of rotatable bonds is 5. The van der Waals surface area contributed by atoms with Crippen molar-refractivity contribution in [3.05, 3.63) is 59.7 Å². The molecule has 2 N–H and O–H groups in total. The van der Waals surface area contributed by atoms with Crippen molar-refractivity contribution in [2.75, 3.05) is 25.0 Å². The van der Waals surface area contributed by atoms with Gasteiger partial charge in [-0.25, -0.2) is 4.99 Å². The van der Waals surface area contributed by atoms with Crippen LogP contribution in [-0.4, -0.2) is 42.2 Å². The minimum atomic E-state index is 0. The highest BCUT2D eigenvalue weighted by molar-refractivity contribution is 5.97. The molecular formula is C26H34ClN5. The molecule has 0 amide bonds. The zero-order valence-corrected chi connectivity index (χ0v) is 19.7. The van der Waals surface area contributed by atoms with E-state index in [0.29, 0.717) is 12.1 Å². The van der Waals surface area contributed by atoms with Gasteiger partial charge in [-0.2, -0.15) is 0 Å². The minimum Gasteiger partial charge on any atom is -0.337 e. The van der Waals surface area contributed by atoms with Crippen molar-refractivity contribution in [3.63, 3.8) is 0 Å². The van der Waals surface area contributed by atoms with Gasteiger partial charge in [-0.1, -0.05) is 30.3 Å². The van der Waals surface area contributed by atoms with E-state index in [0.717, 1.165) is 50.5 Å². The quantitative estimate of drug-likeness (QED) is 0.590. The molecule has 0 radical (unpaired) electrons. The Hall–Kier alpha value is -2.37. The third kappa shape index (κ3) is 5.00. The van der Waals surface area contributed by atoms with E-state index in [4.69, 9.17) is 9.98 Å². The van der Waals surface area contributed by atoms with Crippen molar-refractivity contribution < 1.29 is 0 Å². The first-order valence-corrected chi connectivity index (χ1v) is 11.8. The molecule has 0 aromatic heterocycles. The standard InChI is InChI=1S/C26H33N5.ClH/c1-19(28-21-11-3-2-4-12-21)8-5-13-22-18-27-16-17-31(22)26-29-23-14-6-9-20-10-7-15-24(30-26)25(20)23;/h2-4,6,9,11-12,14,22,24,27H,5,7-8,10,13,15-18H2,1H3,(H,29,30);1H. The number of piperazine rings is 1. The fourth-order valence-corrected chi connectivity index (χ4v) is 5.21. The molecule has 5 nitrogen and oxygen atoms in total. The highest BCUT2D eigenvalue weighted by atomic mass is 35.5. The summed E-state index contributed by atoms with van der Waals surface area (Å²) in [7, 11) is 0. The lowest BCUT2D eigenvalue weighted by atomic mass is 9.86. The second kappa shape index (κ2) is 10.5. The van der Waals surface area contributed by atoms with Gasteiger partial charge in [0.25, 0.3) is 0 Å². The maximum Gasteiger partial charge on any atom is 0.199 e. The Balaban J connectivity index is 0.00000245. The second-order valence-electron chi connectivity index (χ2n) is 8.99. The van der Waals surface area contributed by atoms with E-state index in [1.165, 1.54) is 41.8 Å². The third-order valence-corrected chi connectivity index (χ3v) is 6.75. The van der Waals surface area contributed by atoms with Crippen molar-refractivity contribution in [1.82, 2.24) is 10.2 Å². The van der Waals surface area contributed by atoms with Gasteiger partial charge < -0.3 is 15.5 Å². The van der Waals surface area contributed by atoms with Crippen LogP contribution in [0.25, 0.3) is 0 Å². The lowest BCUT2D eigenvalue weighted by molar-refractivity contribution is 0.240. The monoisotopic (exact) mass is 451 g/mol. The third-order valence-electron chi connectivity index (χ3n) is 6.75. The summed E-state index contributed by atoms with van der Waals surface area (Å²) >= 11 is 0. The van der Waals surface area contributed by atoms with Gasteiger partial charge in [0.2, 0.25) is 0 Å². The molecule has 0 spiro atoms. The van der Waals surface area contributed by atoms with Crippen molar-refractivity contribution >= 4 is 35.5 Å². The molecule has 2 aromatic rings. The summed E-state index contributed by atoms with van der Waals surface area (Å²) in [5.74, 6) is 1.08. The molecule has 32 heavy (non-hydrogen) atoms. The molecule has 2 aliphatic heterocycles. The zero-order chi connectivity index (χ0) is 21.0. The van der Waals surface area contributed by atoms with Crippen LogP contribution in [0.15, 0.2) is 58.5 Å². The average Bonchev–Trinajstić information content (AvgIpc) is 2.80. The summed E-state index contributed by atoms with van der Waals surface area (Å²) in [4.78, 5) is 12.5. The van der Waals surface area contributed by atoms with Crippen LogP contribution in [0, 0.1) is 0 Å². The van der Waals surface area contributed by atoms with Gasteiger partial charge in [0.1, 0.15) is 0 Å². The van der Waals surface area contributed by atoms with Gasteiger partial charge in [-0.05, 0) is 69.2 Å². The number of anilines is 1. The maximum absolute atomic E-state index is 5.21. The summed E-state index contributed by atoms with van der Waals surface area (Å²) in [5.41, 5.74) is 6.45. The van der Waals surface area contributed by atoms with Crippen LogP contribution in [0.3, 0.4) is 0 Å². The number of guanidine groups is 1. The molecule has 1 saturated heterocycles. The highest BCUT2D eigenvalue weighted by Gasteiger charge is 2.32. The van der Waals surface area contributed by atoms with Crippen molar-refractivity contribution in [1.29, 1.82) is 0 Å². The molecular weight excluding hydrogens is 418 g/mol. The van der Waals surface area contributed by atoms with Crippen LogP contribution in [0.1, 0.15) is 56.2 Å².